The molecule has 6 heterocycles. The van der Waals surface area contributed by atoms with Crippen LogP contribution in [0, 0.1) is 45.3 Å². The molecule has 6 saturated heterocycles. The minimum absolute atomic E-state index is 0.00824. The van der Waals surface area contributed by atoms with Crippen molar-refractivity contribution in [1.82, 2.24) is 0 Å². The molecular formula is C66H112O34. The number of fused-ring (bicyclic) bond motifs is 5. The van der Waals surface area contributed by atoms with Crippen LogP contribution in [-0.2, 0) is 56.8 Å². The third-order valence-electron chi connectivity index (χ3n) is 25.0. The summed E-state index contributed by atoms with van der Waals surface area (Å²) in [5.74, 6) is -0.162. The number of allylic oxidation sites excluding steroid dienone is 1. The molecule has 40 atom stereocenters. The Hall–Kier alpha value is -1.62. The lowest BCUT2D eigenvalue weighted by atomic mass is 9.38. The van der Waals surface area contributed by atoms with Crippen molar-refractivity contribution >= 4 is 0 Å². The summed E-state index contributed by atoms with van der Waals surface area (Å²) in [4.78, 5) is 0. The maximum absolute atomic E-state index is 12.9. The van der Waals surface area contributed by atoms with Crippen LogP contribution in [0.4, 0.5) is 0 Å². The summed E-state index contributed by atoms with van der Waals surface area (Å²) in [6.45, 7) is 11.4. The fraction of sp³-hybridized carbons (Fsp3) is 0.970. The van der Waals surface area contributed by atoms with Gasteiger partial charge >= 0.3 is 0 Å². The standard InChI is InChI=1S/C66H112O34/c1-24(9-13-37(63(4,5)88)98-61-55(100-60-52(86)45(79)40(74)30(20-69)93-60)47(81)42(76)33(96-61)23-89-56-49(83)43(77)38(72)28(18-67)91-56)25-15-16-64(6)34-12-10-26-27(66(34,8)35(71)17-65(25,64)7)11-14-36(62(26,2)3)97-58-50(84)46(80)41(75)32(95-58)22-90-57-53(87)48(82)54(31(21-70)94-57)99-59-51(85)44(78)39(73)29(19-68)92-59/h10,24-25,27-61,67-88H,9,11-23H2,1-8H3. The fourth-order valence-corrected chi connectivity index (χ4v) is 18.5. The molecule has 0 aromatic rings. The Bertz CT molecular complexity index is 2670. The van der Waals surface area contributed by atoms with Gasteiger partial charge in [-0.2, -0.15) is 0 Å². The van der Waals surface area contributed by atoms with Crippen LogP contribution < -0.4 is 0 Å². The van der Waals surface area contributed by atoms with Gasteiger partial charge in [-0.05, 0) is 99.7 Å². The van der Waals surface area contributed by atoms with Crippen molar-refractivity contribution in [2.45, 2.75) is 315 Å². The highest BCUT2D eigenvalue weighted by atomic mass is 16.8. The Labute approximate surface area is 579 Å². The summed E-state index contributed by atoms with van der Waals surface area (Å²) in [6, 6.07) is 0. The molecule has 0 amide bonds. The molecule has 580 valence electrons. The van der Waals surface area contributed by atoms with E-state index in [-0.39, 0.29) is 35.5 Å². The third kappa shape index (κ3) is 14.8. The first-order valence-electron chi connectivity index (χ1n) is 35.1. The summed E-state index contributed by atoms with van der Waals surface area (Å²) in [5, 5.41) is 239. The molecule has 10 aliphatic rings. The van der Waals surface area contributed by atoms with Crippen LogP contribution in [0.25, 0.3) is 0 Å². The average molecular weight is 1450 g/mol. The minimum Gasteiger partial charge on any atom is -0.394 e. The van der Waals surface area contributed by atoms with Gasteiger partial charge in [0.05, 0.1) is 63.6 Å². The van der Waals surface area contributed by atoms with Gasteiger partial charge in [0.1, 0.15) is 146 Å². The predicted octanol–water partition coefficient (Wildman–Crippen LogP) is -7.58. The van der Waals surface area contributed by atoms with Crippen molar-refractivity contribution in [3.63, 3.8) is 0 Å². The predicted molar refractivity (Wildman–Crippen MR) is 333 cm³/mol. The summed E-state index contributed by atoms with van der Waals surface area (Å²) < 4.78 is 71.0. The van der Waals surface area contributed by atoms with Gasteiger partial charge in [-0.15, -0.1) is 0 Å². The summed E-state index contributed by atoms with van der Waals surface area (Å²) >= 11 is 0. The first-order chi connectivity index (χ1) is 46.9. The molecule has 34 heteroatoms. The van der Waals surface area contributed by atoms with E-state index >= 15 is 0 Å². The second-order valence-electron chi connectivity index (χ2n) is 31.5. The van der Waals surface area contributed by atoms with Crippen molar-refractivity contribution in [2.75, 3.05) is 39.6 Å². The number of aliphatic hydroxyl groups excluding tert-OH is 21. The molecule has 0 aromatic heterocycles. The molecule has 100 heavy (non-hydrogen) atoms. The lowest BCUT2D eigenvalue weighted by Gasteiger charge is -2.67. The molecule has 0 spiro atoms. The summed E-state index contributed by atoms with van der Waals surface area (Å²) in [5.41, 5.74) is -2.73. The van der Waals surface area contributed by atoms with Crippen LogP contribution in [0.15, 0.2) is 11.6 Å². The Morgan fingerprint density at radius 3 is 1.37 bits per heavy atom. The van der Waals surface area contributed by atoms with Crippen molar-refractivity contribution < 1.29 is 169 Å². The van der Waals surface area contributed by atoms with Crippen molar-refractivity contribution in [3.05, 3.63) is 11.6 Å². The highest BCUT2D eigenvalue weighted by molar-refractivity contribution is 5.32. The van der Waals surface area contributed by atoms with Crippen molar-refractivity contribution in [3.8, 4) is 0 Å². The van der Waals surface area contributed by atoms with Crippen LogP contribution in [-0.4, -0.2) is 360 Å². The summed E-state index contributed by atoms with van der Waals surface area (Å²) in [7, 11) is 0. The maximum atomic E-state index is 12.9. The Kier molecular flexibility index (Phi) is 25.5. The average Bonchev–Trinajstić information content (AvgIpc) is 1.32. The fourth-order valence-electron chi connectivity index (χ4n) is 18.5. The van der Waals surface area contributed by atoms with E-state index in [9.17, 15) is 112 Å². The van der Waals surface area contributed by atoms with Crippen LogP contribution >= 0.6 is 0 Å². The van der Waals surface area contributed by atoms with E-state index in [0.29, 0.717) is 32.1 Å². The quantitative estimate of drug-likeness (QED) is 0.0423. The molecule has 40 unspecified atom stereocenters. The zero-order chi connectivity index (χ0) is 73.5. The minimum atomic E-state index is -1.97. The van der Waals surface area contributed by atoms with Gasteiger partial charge in [-0.25, -0.2) is 0 Å². The molecule has 0 bridgehead atoms. The molecule has 10 rings (SSSR count). The van der Waals surface area contributed by atoms with Crippen LogP contribution in [0.1, 0.15) is 107 Å². The highest BCUT2D eigenvalue weighted by Crippen LogP contribution is 2.75. The van der Waals surface area contributed by atoms with Gasteiger partial charge < -0.3 is 169 Å². The maximum Gasteiger partial charge on any atom is 0.187 e. The largest absolute Gasteiger partial charge is 0.394 e. The van der Waals surface area contributed by atoms with Crippen LogP contribution in [0.2, 0.25) is 0 Å². The van der Waals surface area contributed by atoms with Crippen LogP contribution in [0.3, 0.4) is 0 Å². The molecule has 6 aliphatic heterocycles. The molecule has 0 aromatic carbocycles. The lowest BCUT2D eigenvalue weighted by molar-refractivity contribution is -0.380. The van der Waals surface area contributed by atoms with E-state index in [1.54, 1.807) is 0 Å². The Balaban J connectivity index is 0.795. The number of aliphatic hydroxyl groups is 22. The van der Waals surface area contributed by atoms with Crippen molar-refractivity contribution in [2.24, 2.45) is 45.3 Å². The van der Waals surface area contributed by atoms with E-state index in [1.807, 2.05) is 13.8 Å². The first-order valence-corrected chi connectivity index (χ1v) is 35.1. The van der Waals surface area contributed by atoms with Gasteiger partial charge in [0.15, 0.2) is 37.7 Å². The first kappa shape index (κ1) is 80.9. The summed E-state index contributed by atoms with van der Waals surface area (Å²) in [6.07, 6.45) is -47.8. The molecule has 3 saturated carbocycles. The van der Waals surface area contributed by atoms with Gasteiger partial charge in [0.25, 0.3) is 0 Å². The van der Waals surface area contributed by atoms with E-state index < -0.39 is 264 Å². The number of ether oxygens (including phenoxy) is 12. The van der Waals surface area contributed by atoms with E-state index in [4.69, 9.17) is 56.8 Å². The van der Waals surface area contributed by atoms with E-state index in [0.717, 1.165) is 18.4 Å². The molecule has 22 N–H and O–H groups in total. The zero-order valence-corrected chi connectivity index (χ0v) is 57.6. The topological polar surface area (TPSA) is 556 Å². The van der Waals surface area contributed by atoms with Crippen LogP contribution in [0.5, 0.6) is 0 Å². The second-order valence-corrected chi connectivity index (χ2v) is 31.5. The SMILES string of the molecule is CC(CCC(OC1OC(COC2OC(CO)C(O)C(O)C2O)C(O)C(O)C1OC1OC(CO)C(O)C(O)C1O)C(C)(C)O)C1CCC2(C)C3CC=C4C(CCC(OC5OC(COC6OC(CO)C(OC7OC(CO)C(O)C(O)C7O)C(O)C6O)C(O)C(O)C5O)C4(C)C)C3(C)C(O)CC12C. The Morgan fingerprint density at radius 1 is 0.460 bits per heavy atom. The van der Waals surface area contributed by atoms with Crippen molar-refractivity contribution in [1.29, 1.82) is 0 Å². The number of hydrogen-bond acceptors (Lipinski definition) is 34. The molecule has 0 radical (unpaired) electrons. The van der Waals surface area contributed by atoms with E-state index in [1.165, 1.54) is 13.8 Å². The Morgan fingerprint density at radius 2 is 0.870 bits per heavy atom. The molecule has 4 aliphatic carbocycles. The molecular weight excluding hydrogens is 1340 g/mol. The monoisotopic (exact) mass is 1450 g/mol. The normalized spacial score (nSPS) is 52.1. The highest BCUT2D eigenvalue weighted by Gasteiger charge is 2.71. The number of rotatable bonds is 23. The van der Waals surface area contributed by atoms with Gasteiger partial charge in [0, 0.05) is 10.8 Å². The van der Waals surface area contributed by atoms with Gasteiger partial charge in [-0.1, -0.05) is 53.2 Å². The third-order valence-corrected chi connectivity index (χ3v) is 25.0. The number of hydrogen-bond donors (Lipinski definition) is 22. The zero-order valence-electron chi connectivity index (χ0n) is 57.6. The van der Waals surface area contributed by atoms with Gasteiger partial charge in [0.2, 0.25) is 0 Å². The van der Waals surface area contributed by atoms with Gasteiger partial charge in [-0.3, -0.25) is 0 Å². The smallest absolute Gasteiger partial charge is 0.187 e. The molecule has 34 nitrogen and oxygen atoms in total. The molecule has 9 fully saturated rings. The second kappa shape index (κ2) is 31.5. The lowest BCUT2D eigenvalue weighted by Crippen LogP contribution is -2.65. The van der Waals surface area contributed by atoms with E-state index in [2.05, 4.69) is 33.8 Å².